The molecule has 2 heterocycles. The number of hydrogen-bond acceptors (Lipinski definition) is 7. The van der Waals surface area contributed by atoms with Gasteiger partial charge in [0.2, 0.25) is 0 Å². The third-order valence-corrected chi connectivity index (χ3v) is 8.73. The minimum atomic E-state index is -3.56. The number of hydrogen-bond donors (Lipinski definition) is 2. The number of piperidine rings is 1. The number of nitrogens with zero attached hydrogens (tertiary/aromatic N) is 2. The first-order chi connectivity index (χ1) is 18.4. The topological polar surface area (TPSA) is 91.0 Å². The molecule has 9 heteroatoms. The van der Waals surface area contributed by atoms with Crippen LogP contribution in [0.25, 0.3) is 0 Å². The van der Waals surface area contributed by atoms with E-state index in [1.54, 1.807) is 13.2 Å². The van der Waals surface area contributed by atoms with Crippen molar-refractivity contribution >= 4 is 27.1 Å². The van der Waals surface area contributed by atoms with Crippen molar-refractivity contribution in [1.82, 2.24) is 10.2 Å². The molecule has 0 atom stereocenters. The fourth-order valence-corrected chi connectivity index (χ4v) is 6.39. The third-order valence-electron chi connectivity index (χ3n) is 7.60. The second kappa shape index (κ2) is 13.4. The number of ether oxygens (including phenoxy) is 1. The zero-order chi connectivity index (χ0) is 27.0. The van der Waals surface area contributed by atoms with Gasteiger partial charge >= 0.3 is 0 Å². The van der Waals surface area contributed by atoms with Crippen molar-refractivity contribution in [2.45, 2.75) is 42.9 Å². The molecule has 0 saturated carbocycles. The molecule has 2 saturated heterocycles. The lowest BCUT2D eigenvalue weighted by molar-refractivity contribution is 0.0949. The van der Waals surface area contributed by atoms with Crippen LogP contribution in [0.5, 0.6) is 0 Å². The molecule has 2 fully saturated rings. The predicted octanol–water partition coefficient (Wildman–Crippen LogP) is 3.75. The Balaban J connectivity index is 1.58. The number of carbonyl (C=O) groups excluding carboxylic acids is 1. The molecule has 2 aliphatic heterocycles. The van der Waals surface area contributed by atoms with E-state index in [0.29, 0.717) is 49.0 Å². The number of amides is 1. The van der Waals surface area contributed by atoms with E-state index in [2.05, 4.69) is 44.7 Å². The standard InChI is InChI=1S/C29H42N4O4S/c1-37-20-8-13-31-29(34)25-21-28(38(2,35)36)27(22-26(25)30-14-19-32-15-6-7-16-32)33-17-11-24(12-18-33)23-9-4-3-5-10-23/h3-5,9-10,21-22,24,30H,6-8,11-20H2,1-2H3,(H,31,34). The maximum absolute atomic E-state index is 13.2. The maximum atomic E-state index is 13.2. The zero-order valence-corrected chi connectivity index (χ0v) is 23.6. The Hall–Kier alpha value is -2.62. The minimum Gasteiger partial charge on any atom is -0.385 e. The average molecular weight is 543 g/mol. The summed E-state index contributed by atoms with van der Waals surface area (Å²) >= 11 is 0. The third kappa shape index (κ3) is 7.48. The average Bonchev–Trinajstić information content (AvgIpc) is 3.44. The van der Waals surface area contributed by atoms with Gasteiger partial charge in [0.25, 0.3) is 5.91 Å². The van der Waals surface area contributed by atoms with E-state index >= 15 is 0 Å². The number of anilines is 2. The van der Waals surface area contributed by atoms with Gasteiger partial charge in [0, 0.05) is 58.4 Å². The summed E-state index contributed by atoms with van der Waals surface area (Å²) in [6.07, 6.45) is 6.26. The van der Waals surface area contributed by atoms with Crippen molar-refractivity contribution in [3.05, 3.63) is 53.6 Å². The van der Waals surface area contributed by atoms with Gasteiger partial charge < -0.3 is 25.2 Å². The van der Waals surface area contributed by atoms with Crippen LogP contribution >= 0.6 is 0 Å². The lowest BCUT2D eigenvalue weighted by Crippen LogP contribution is -2.34. The molecule has 2 N–H and O–H groups in total. The van der Waals surface area contributed by atoms with Gasteiger partial charge in [-0.25, -0.2) is 8.42 Å². The Bertz CT molecular complexity index is 1160. The van der Waals surface area contributed by atoms with Crippen molar-refractivity contribution < 1.29 is 17.9 Å². The molecule has 0 aliphatic carbocycles. The molecule has 2 aromatic carbocycles. The number of methoxy groups -OCH3 is 1. The molecular weight excluding hydrogens is 500 g/mol. The highest BCUT2D eigenvalue weighted by molar-refractivity contribution is 7.90. The van der Waals surface area contributed by atoms with Crippen LogP contribution in [-0.4, -0.2) is 85.0 Å². The number of rotatable bonds is 12. The van der Waals surface area contributed by atoms with Crippen molar-refractivity contribution in [3.63, 3.8) is 0 Å². The van der Waals surface area contributed by atoms with Crippen LogP contribution in [0.3, 0.4) is 0 Å². The summed E-state index contributed by atoms with van der Waals surface area (Å²) in [5, 5.41) is 6.40. The van der Waals surface area contributed by atoms with Gasteiger partial charge in [-0.05, 0) is 68.8 Å². The number of sulfone groups is 1. The van der Waals surface area contributed by atoms with Gasteiger partial charge in [-0.1, -0.05) is 30.3 Å². The zero-order valence-electron chi connectivity index (χ0n) is 22.7. The minimum absolute atomic E-state index is 0.211. The Morgan fingerprint density at radius 1 is 1.03 bits per heavy atom. The Morgan fingerprint density at radius 3 is 2.39 bits per heavy atom. The first-order valence-electron chi connectivity index (χ1n) is 13.8. The van der Waals surface area contributed by atoms with Crippen LogP contribution in [0.1, 0.15) is 53.9 Å². The summed E-state index contributed by atoms with van der Waals surface area (Å²) < 4.78 is 31.0. The van der Waals surface area contributed by atoms with E-state index in [-0.39, 0.29) is 10.8 Å². The molecule has 0 radical (unpaired) electrons. The summed E-state index contributed by atoms with van der Waals surface area (Å²) in [4.78, 5) is 18.0. The van der Waals surface area contributed by atoms with Crippen molar-refractivity contribution in [3.8, 4) is 0 Å². The normalized spacial score (nSPS) is 17.1. The van der Waals surface area contributed by atoms with Crippen LogP contribution in [0, 0.1) is 0 Å². The Kier molecular flexibility index (Phi) is 10.0. The summed E-state index contributed by atoms with van der Waals surface area (Å²) in [5.41, 5.74) is 3.06. The molecule has 0 bridgehead atoms. The maximum Gasteiger partial charge on any atom is 0.253 e. The molecule has 4 rings (SSSR count). The highest BCUT2D eigenvalue weighted by atomic mass is 32.2. The molecule has 0 spiro atoms. The monoisotopic (exact) mass is 542 g/mol. The Labute approximate surface area is 227 Å². The highest BCUT2D eigenvalue weighted by Gasteiger charge is 2.27. The van der Waals surface area contributed by atoms with Gasteiger partial charge in [-0.15, -0.1) is 0 Å². The van der Waals surface area contributed by atoms with Crippen LogP contribution in [-0.2, 0) is 14.6 Å². The quantitative estimate of drug-likeness (QED) is 0.395. The molecule has 2 aliphatic rings. The molecule has 0 aromatic heterocycles. The van der Waals surface area contributed by atoms with Gasteiger partial charge in [0.1, 0.15) is 0 Å². The summed E-state index contributed by atoms with van der Waals surface area (Å²) in [6, 6.07) is 14.0. The van der Waals surface area contributed by atoms with Gasteiger partial charge in [0.05, 0.1) is 16.1 Å². The van der Waals surface area contributed by atoms with E-state index in [0.717, 1.165) is 45.6 Å². The van der Waals surface area contributed by atoms with Crippen LogP contribution in [0.2, 0.25) is 0 Å². The van der Waals surface area contributed by atoms with E-state index in [9.17, 15) is 13.2 Å². The predicted molar refractivity (Wildman–Crippen MR) is 153 cm³/mol. The molecule has 0 unspecified atom stereocenters. The second-order valence-corrected chi connectivity index (χ2v) is 12.4. The second-order valence-electron chi connectivity index (χ2n) is 10.4. The van der Waals surface area contributed by atoms with Crippen LogP contribution in [0.15, 0.2) is 47.4 Å². The van der Waals surface area contributed by atoms with E-state index < -0.39 is 9.84 Å². The van der Waals surface area contributed by atoms with Gasteiger partial charge in [-0.2, -0.15) is 0 Å². The smallest absolute Gasteiger partial charge is 0.253 e. The van der Waals surface area contributed by atoms with Gasteiger partial charge in [-0.3, -0.25) is 4.79 Å². The van der Waals surface area contributed by atoms with E-state index in [4.69, 9.17) is 4.74 Å². The summed E-state index contributed by atoms with van der Waals surface area (Å²) in [7, 11) is -1.93. The van der Waals surface area contributed by atoms with E-state index in [1.807, 2.05) is 12.1 Å². The number of likely N-dealkylation sites (tertiary alicyclic amines) is 1. The number of carbonyl (C=O) groups is 1. The molecule has 2 aromatic rings. The van der Waals surface area contributed by atoms with E-state index in [1.165, 1.54) is 24.7 Å². The van der Waals surface area contributed by atoms with Crippen LogP contribution < -0.4 is 15.5 Å². The lowest BCUT2D eigenvalue weighted by atomic mass is 9.89. The molecule has 208 valence electrons. The largest absolute Gasteiger partial charge is 0.385 e. The van der Waals surface area contributed by atoms with Crippen molar-refractivity contribution in [1.29, 1.82) is 0 Å². The van der Waals surface area contributed by atoms with Crippen molar-refractivity contribution in [2.75, 3.05) is 76.0 Å². The molecule has 38 heavy (non-hydrogen) atoms. The van der Waals surface area contributed by atoms with Gasteiger partial charge in [0.15, 0.2) is 9.84 Å². The molecule has 1 amide bonds. The molecular formula is C29H42N4O4S. The summed E-state index contributed by atoms with van der Waals surface area (Å²) in [6.45, 7) is 6.32. The number of benzene rings is 2. The summed E-state index contributed by atoms with van der Waals surface area (Å²) in [5.74, 6) is 0.188. The fraction of sp³-hybridized carbons (Fsp3) is 0.552. The fourth-order valence-electron chi connectivity index (χ4n) is 5.49. The first kappa shape index (κ1) is 28.4. The number of nitrogens with one attached hydrogen (secondary N) is 2. The van der Waals surface area contributed by atoms with Crippen molar-refractivity contribution in [2.24, 2.45) is 0 Å². The lowest BCUT2D eigenvalue weighted by Gasteiger charge is -2.35. The van der Waals surface area contributed by atoms with Crippen LogP contribution in [0.4, 0.5) is 11.4 Å². The Morgan fingerprint density at radius 2 is 1.74 bits per heavy atom. The first-order valence-corrected chi connectivity index (χ1v) is 15.7. The molecule has 8 nitrogen and oxygen atoms in total. The SMILES string of the molecule is COCCCNC(=O)c1cc(S(C)(=O)=O)c(N2CCC(c3ccccc3)CC2)cc1NCCN1CCCC1. The highest BCUT2D eigenvalue weighted by Crippen LogP contribution is 2.36.